The molecule has 2 heteroatoms. The molecule has 0 radical (unpaired) electrons. The summed E-state index contributed by atoms with van der Waals surface area (Å²) in [6.45, 7) is 6.83. The number of aromatic nitrogens is 2. The quantitative estimate of drug-likeness (QED) is 0.232. The average molecular weight is 370 g/mol. The summed E-state index contributed by atoms with van der Waals surface area (Å²) in [5.41, 5.74) is 1.34. The predicted octanol–water partition coefficient (Wildman–Crippen LogP) is 7.16. The Bertz CT molecular complexity index is 600. The second kappa shape index (κ2) is 13.6. The fraction of sp³-hybridized carbons (Fsp3) is 0.640. The molecule has 27 heavy (non-hydrogen) atoms. The number of benzene rings is 1. The van der Waals surface area contributed by atoms with E-state index in [-0.39, 0.29) is 0 Å². The van der Waals surface area contributed by atoms with Crippen molar-refractivity contribution in [2.45, 2.75) is 104 Å². The molecule has 0 bridgehead atoms. The van der Waals surface area contributed by atoms with Crippen molar-refractivity contribution < 1.29 is 4.57 Å². The Hall–Kier alpha value is -1.57. The fourth-order valence-electron chi connectivity index (χ4n) is 3.87. The summed E-state index contributed by atoms with van der Waals surface area (Å²) < 4.78 is 4.93. The topological polar surface area (TPSA) is 8.81 Å². The first-order valence-electron chi connectivity index (χ1n) is 11.5. The molecule has 2 nitrogen and oxygen atoms in total. The number of hydrogen-bond acceptors (Lipinski definition) is 0. The van der Waals surface area contributed by atoms with Gasteiger partial charge in [-0.1, -0.05) is 83.4 Å². The lowest BCUT2D eigenvalue weighted by Gasteiger charge is -2.06. The molecule has 0 aliphatic carbocycles. The van der Waals surface area contributed by atoms with Gasteiger partial charge in [0.2, 0.25) is 0 Å². The molecule has 0 fully saturated rings. The molecule has 2 rings (SSSR count). The van der Waals surface area contributed by atoms with Gasteiger partial charge >= 0.3 is 0 Å². The number of aryl methyl sites for hydroxylation is 2. The highest BCUT2D eigenvalue weighted by atomic mass is 15.1. The summed E-state index contributed by atoms with van der Waals surface area (Å²) in [5, 5.41) is 0. The third-order valence-electron chi connectivity index (χ3n) is 5.51. The molecule has 0 spiro atoms. The Balaban J connectivity index is 1.83. The van der Waals surface area contributed by atoms with Crippen molar-refractivity contribution in [1.29, 1.82) is 0 Å². The average Bonchev–Trinajstić information content (AvgIpc) is 3.10. The maximum Gasteiger partial charge on any atom is 0.288 e. The first-order chi connectivity index (χ1) is 13.4. The lowest BCUT2D eigenvalue weighted by atomic mass is 10.1. The first-order valence-corrected chi connectivity index (χ1v) is 11.5. The van der Waals surface area contributed by atoms with E-state index in [2.05, 4.69) is 65.7 Å². The van der Waals surface area contributed by atoms with Gasteiger partial charge in [0.15, 0.2) is 0 Å². The molecule has 0 aliphatic heterocycles. The first kappa shape index (κ1) is 21.7. The van der Waals surface area contributed by atoms with Gasteiger partial charge in [-0.15, -0.1) is 0 Å². The van der Waals surface area contributed by atoms with Gasteiger partial charge in [-0.05, 0) is 37.8 Å². The molecular weight excluding hydrogens is 328 g/mol. The van der Waals surface area contributed by atoms with Crippen molar-refractivity contribution in [1.82, 2.24) is 4.57 Å². The molecule has 0 amide bonds. The number of nitrogens with zero attached hydrogens (tertiary/aromatic N) is 2. The molecule has 0 atom stereocenters. The molecule has 0 aliphatic rings. The molecule has 2 aromatic rings. The zero-order chi connectivity index (χ0) is 19.2. The van der Waals surface area contributed by atoms with E-state index >= 15 is 0 Å². The van der Waals surface area contributed by atoms with E-state index < -0.39 is 0 Å². The van der Waals surface area contributed by atoms with Crippen LogP contribution in [0.3, 0.4) is 0 Å². The van der Waals surface area contributed by atoms with Crippen molar-refractivity contribution in [3.8, 4) is 11.4 Å². The SMILES string of the molecule is CCCCCCCCCCC[n+]1ccn(CCCCC)c1-c1ccccc1. The molecule has 0 unspecified atom stereocenters. The zero-order valence-electron chi connectivity index (χ0n) is 17.8. The largest absolute Gasteiger partial charge is 0.288 e. The molecular formula is C25H41N2+. The summed E-state index contributed by atoms with van der Waals surface area (Å²) in [6, 6.07) is 10.9. The Morgan fingerprint density at radius 2 is 1.30 bits per heavy atom. The van der Waals surface area contributed by atoms with Gasteiger partial charge < -0.3 is 0 Å². The van der Waals surface area contributed by atoms with Gasteiger partial charge in [0.1, 0.15) is 12.4 Å². The minimum atomic E-state index is 1.13. The lowest BCUT2D eigenvalue weighted by Crippen LogP contribution is -2.34. The van der Waals surface area contributed by atoms with Crippen LogP contribution in [0.1, 0.15) is 90.9 Å². The summed E-state index contributed by atoms with van der Waals surface area (Å²) >= 11 is 0. The third kappa shape index (κ3) is 7.91. The summed E-state index contributed by atoms with van der Waals surface area (Å²) in [7, 11) is 0. The van der Waals surface area contributed by atoms with Gasteiger partial charge in [0.25, 0.3) is 5.82 Å². The molecule has 150 valence electrons. The summed E-state index contributed by atoms with van der Waals surface area (Å²) in [4.78, 5) is 0. The van der Waals surface area contributed by atoms with E-state index in [0.29, 0.717) is 0 Å². The second-order valence-corrected chi connectivity index (χ2v) is 7.91. The van der Waals surface area contributed by atoms with E-state index in [1.54, 1.807) is 0 Å². The van der Waals surface area contributed by atoms with E-state index in [0.717, 1.165) is 13.1 Å². The second-order valence-electron chi connectivity index (χ2n) is 7.91. The number of imidazole rings is 1. The van der Waals surface area contributed by atoms with Crippen LogP contribution in [-0.2, 0) is 13.1 Å². The Labute approximate surface area is 167 Å². The highest BCUT2D eigenvalue weighted by molar-refractivity contribution is 5.52. The predicted molar refractivity (Wildman–Crippen MR) is 117 cm³/mol. The van der Waals surface area contributed by atoms with E-state index in [1.807, 2.05) is 0 Å². The molecule has 0 saturated carbocycles. The highest BCUT2D eigenvalue weighted by Crippen LogP contribution is 2.17. The standard InChI is InChI=1S/C25H41N2/c1-3-5-7-8-9-10-11-12-17-21-27-23-22-26(20-16-6-4-2)25(27)24-18-14-13-15-19-24/h13-15,18-19,22-23H,3-12,16-17,20-21H2,1-2H3/q+1. The van der Waals surface area contributed by atoms with Crippen LogP contribution in [0, 0.1) is 0 Å². The monoisotopic (exact) mass is 369 g/mol. The molecule has 1 aromatic carbocycles. The molecule has 0 N–H and O–H groups in total. The maximum absolute atomic E-state index is 2.47. The van der Waals surface area contributed by atoms with E-state index in [1.165, 1.54) is 88.4 Å². The summed E-state index contributed by atoms with van der Waals surface area (Å²) in [5.74, 6) is 1.38. The lowest BCUT2D eigenvalue weighted by molar-refractivity contribution is -0.686. The van der Waals surface area contributed by atoms with Gasteiger partial charge in [-0.3, -0.25) is 0 Å². The fourth-order valence-corrected chi connectivity index (χ4v) is 3.87. The van der Waals surface area contributed by atoms with Gasteiger partial charge in [0.05, 0.1) is 18.7 Å². The number of hydrogen-bond donors (Lipinski definition) is 0. The van der Waals surface area contributed by atoms with Gasteiger partial charge in [-0.25, -0.2) is 9.13 Å². The smallest absolute Gasteiger partial charge is 0.230 e. The molecule has 1 aromatic heterocycles. The Morgan fingerprint density at radius 1 is 0.704 bits per heavy atom. The van der Waals surface area contributed by atoms with Crippen LogP contribution in [0.2, 0.25) is 0 Å². The molecule has 1 heterocycles. The van der Waals surface area contributed by atoms with E-state index in [9.17, 15) is 0 Å². The number of rotatable bonds is 15. The van der Waals surface area contributed by atoms with Crippen LogP contribution >= 0.6 is 0 Å². The number of unbranched alkanes of at least 4 members (excludes halogenated alkanes) is 10. The molecule has 0 saturated heterocycles. The maximum atomic E-state index is 2.47. The Kier molecular flexibility index (Phi) is 10.9. The van der Waals surface area contributed by atoms with Crippen LogP contribution < -0.4 is 4.57 Å². The third-order valence-corrected chi connectivity index (χ3v) is 5.51. The van der Waals surface area contributed by atoms with Crippen LogP contribution in [0.5, 0.6) is 0 Å². The van der Waals surface area contributed by atoms with Crippen molar-refractivity contribution in [3.63, 3.8) is 0 Å². The summed E-state index contributed by atoms with van der Waals surface area (Å²) in [6.07, 6.45) is 20.9. The van der Waals surface area contributed by atoms with E-state index in [4.69, 9.17) is 0 Å². The zero-order valence-corrected chi connectivity index (χ0v) is 17.8. The highest BCUT2D eigenvalue weighted by Gasteiger charge is 2.18. The Morgan fingerprint density at radius 3 is 1.96 bits per heavy atom. The van der Waals surface area contributed by atoms with Crippen molar-refractivity contribution >= 4 is 0 Å². The van der Waals surface area contributed by atoms with Crippen LogP contribution in [0.25, 0.3) is 11.4 Å². The minimum absolute atomic E-state index is 1.13. The van der Waals surface area contributed by atoms with Crippen molar-refractivity contribution in [2.75, 3.05) is 0 Å². The van der Waals surface area contributed by atoms with Gasteiger partial charge in [0, 0.05) is 0 Å². The van der Waals surface area contributed by atoms with Crippen LogP contribution in [-0.4, -0.2) is 4.57 Å². The van der Waals surface area contributed by atoms with Crippen molar-refractivity contribution in [2.24, 2.45) is 0 Å². The van der Waals surface area contributed by atoms with Crippen LogP contribution in [0.4, 0.5) is 0 Å². The van der Waals surface area contributed by atoms with Crippen molar-refractivity contribution in [3.05, 3.63) is 42.7 Å². The van der Waals surface area contributed by atoms with Crippen LogP contribution in [0.15, 0.2) is 42.7 Å². The van der Waals surface area contributed by atoms with Gasteiger partial charge in [-0.2, -0.15) is 0 Å². The normalized spacial score (nSPS) is 11.2. The minimum Gasteiger partial charge on any atom is -0.230 e.